The normalized spacial score (nSPS) is 17.8. The Labute approximate surface area is 172 Å². The van der Waals surface area contributed by atoms with Crippen LogP contribution in [-0.2, 0) is 22.4 Å². The van der Waals surface area contributed by atoms with E-state index in [0.717, 1.165) is 45.6 Å². The number of anilines is 1. The first kappa shape index (κ1) is 20.1. The number of likely N-dealkylation sites (N-methyl/N-ethyl adjacent to an activating group) is 1. The van der Waals surface area contributed by atoms with Crippen molar-refractivity contribution < 1.29 is 36.7 Å². The summed E-state index contributed by atoms with van der Waals surface area (Å²) in [6.45, 7) is 6.31. The SMILES string of the molecule is CCN1CCN(c2cc3c(cc2F)c(=O)c(C(=O)O)cn3C2CC2)CC1.[Ag]. The smallest absolute Gasteiger partial charge is 0.341 e. The first-order valence-electron chi connectivity index (χ1n) is 9.08. The van der Waals surface area contributed by atoms with E-state index in [-0.39, 0.29) is 39.4 Å². The molecule has 0 unspecified atom stereocenters. The Bertz CT molecular complexity index is 934. The standard InChI is InChI=1S/C19H22FN3O3.Ag/c1-2-21-5-7-22(8-6-21)17-10-16-13(9-15(17)20)18(24)14(19(25)26)11-23(16)12-3-4-12;/h9-12H,2-8H2,1H3,(H,25,26);. The number of nitrogens with zero attached hydrogens (tertiary/aromatic N) is 3. The molecule has 1 N–H and O–H groups in total. The Kier molecular flexibility index (Phi) is 5.76. The fourth-order valence-electron chi connectivity index (χ4n) is 3.71. The summed E-state index contributed by atoms with van der Waals surface area (Å²) in [5.74, 6) is -1.74. The molecule has 1 saturated heterocycles. The van der Waals surface area contributed by atoms with Crippen molar-refractivity contribution in [3.05, 3.63) is 39.9 Å². The maximum atomic E-state index is 14.8. The first-order chi connectivity index (χ1) is 12.5. The fraction of sp³-hybridized carbons (Fsp3) is 0.474. The van der Waals surface area contributed by atoms with Crippen LogP contribution in [0, 0.1) is 5.82 Å². The van der Waals surface area contributed by atoms with Gasteiger partial charge in [0.25, 0.3) is 0 Å². The molecule has 0 spiro atoms. The Morgan fingerprint density at radius 1 is 1.22 bits per heavy atom. The van der Waals surface area contributed by atoms with Crippen LogP contribution >= 0.6 is 0 Å². The largest absolute Gasteiger partial charge is 0.477 e. The molecule has 1 saturated carbocycles. The minimum atomic E-state index is -1.27. The summed E-state index contributed by atoms with van der Waals surface area (Å²) in [5, 5.41) is 9.45. The fourth-order valence-corrected chi connectivity index (χ4v) is 3.71. The van der Waals surface area contributed by atoms with Gasteiger partial charge in [-0.2, -0.15) is 0 Å². The average molecular weight is 467 g/mol. The third-order valence-electron chi connectivity index (χ3n) is 5.43. The van der Waals surface area contributed by atoms with Crippen molar-refractivity contribution >= 4 is 22.6 Å². The molecule has 149 valence electrons. The monoisotopic (exact) mass is 466 g/mol. The number of pyridine rings is 1. The predicted molar refractivity (Wildman–Crippen MR) is 97.7 cm³/mol. The van der Waals surface area contributed by atoms with E-state index < -0.39 is 17.2 Å². The topological polar surface area (TPSA) is 65.8 Å². The summed E-state index contributed by atoms with van der Waals surface area (Å²) in [6.07, 6.45) is 3.30. The average Bonchev–Trinajstić information content (AvgIpc) is 3.47. The molecule has 0 amide bonds. The number of benzene rings is 1. The maximum absolute atomic E-state index is 14.8. The van der Waals surface area contributed by atoms with Gasteiger partial charge in [-0.3, -0.25) is 4.79 Å². The molecule has 1 aliphatic carbocycles. The number of piperazine rings is 1. The molecule has 27 heavy (non-hydrogen) atoms. The van der Waals surface area contributed by atoms with Crippen LogP contribution < -0.4 is 10.3 Å². The Morgan fingerprint density at radius 2 is 1.89 bits per heavy atom. The number of hydrogen-bond acceptors (Lipinski definition) is 4. The summed E-state index contributed by atoms with van der Waals surface area (Å²) >= 11 is 0. The van der Waals surface area contributed by atoms with Crippen LogP contribution in [-0.4, -0.2) is 53.3 Å². The summed E-state index contributed by atoms with van der Waals surface area (Å²) in [7, 11) is 0. The van der Waals surface area contributed by atoms with E-state index in [1.807, 2.05) is 9.47 Å². The minimum absolute atomic E-state index is 0. The Balaban J connectivity index is 0.00000210. The van der Waals surface area contributed by atoms with Crippen LogP contribution in [0.3, 0.4) is 0 Å². The quantitative estimate of drug-likeness (QED) is 0.700. The van der Waals surface area contributed by atoms with E-state index in [4.69, 9.17) is 0 Å². The second-order valence-corrected chi connectivity index (χ2v) is 7.06. The molecule has 1 aliphatic heterocycles. The number of rotatable bonds is 4. The van der Waals surface area contributed by atoms with Gasteiger partial charge in [0, 0.05) is 66.2 Å². The van der Waals surface area contributed by atoms with Gasteiger partial charge in [-0.15, -0.1) is 0 Å². The van der Waals surface area contributed by atoms with Gasteiger partial charge in [0.1, 0.15) is 11.4 Å². The van der Waals surface area contributed by atoms with Crippen LogP contribution in [0.25, 0.3) is 10.9 Å². The van der Waals surface area contributed by atoms with Gasteiger partial charge < -0.3 is 19.5 Å². The van der Waals surface area contributed by atoms with Gasteiger partial charge in [-0.25, -0.2) is 9.18 Å². The van der Waals surface area contributed by atoms with E-state index in [0.29, 0.717) is 11.2 Å². The van der Waals surface area contributed by atoms with Gasteiger partial charge in [-0.05, 0) is 31.5 Å². The van der Waals surface area contributed by atoms with E-state index in [1.54, 1.807) is 6.07 Å². The number of carboxylic acids is 1. The van der Waals surface area contributed by atoms with Crippen LogP contribution in [0.1, 0.15) is 36.2 Å². The Hall–Kier alpha value is -1.67. The van der Waals surface area contributed by atoms with E-state index in [9.17, 15) is 19.1 Å². The van der Waals surface area contributed by atoms with Crippen molar-refractivity contribution in [2.75, 3.05) is 37.6 Å². The van der Waals surface area contributed by atoms with Gasteiger partial charge >= 0.3 is 5.97 Å². The molecule has 4 rings (SSSR count). The van der Waals surface area contributed by atoms with Gasteiger partial charge in [0.15, 0.2) is 0 Å². The molecule has 1 radical (unpaired) electrons. The van der Waals surface area contributed by atoms with Crippen LogP contribution in [0.15, 0.2) is 23.1 Å². The zero-order chi connectivity index (χ0) is 18.4. The molecule has 0 atom stereocenters. The van der Waals surface area contributed by atoms with Crippen molar-refractivity contribution in [1.82, 2.24) is 9.47 Å². The van der Waals surface area contributed by atoms with Crippen LogP contribution in [0.2, 0.25) is 0 Å². The van der Waals surface area contributed by atoms with Crippen molar-refractivity contribution in [3.63, 3.8) is 0 Å². The third kappa shape index (κ3) is 3.69. The minimum Gasteiger partial charge on any atom is -0.477 e. The van der Waals surface area contributed by atoms with Crippen LogP contribution in [0.5, 0.6) is 0 Å². The number of carboxylic acid groups (broad SMARTS) is 1. The molecule has 6 nitrogen and oxygen atoms in total. The van der Waals surface area contributed by atoms with Crippen molar-refractivity contribution in [2.24, 2.45) is 0 Å². The summed E-state index contributed by atoms with van der Waals surface area (Å²) < 4.78 is 16.6. The third-order valence-corrected chi connectivity index (χ3v) is 5.43. The zero-order valence-corrected chi connectivity index (χ0v) is 16.5. The summed E-state index contributed by atoms with van der Waals surface area (Å²) in [5.41, 5.74) is 0.195. The molecule has 1 aromatic carbocycles. The number of hydrogen-bond donors (Lipinski definition) is 1. The van der Waals surface area contributed by atoms with Gasteiger partial charge in [0.05, 0.1) is 11.2 Å². The Morgan fingerprint density at radius 3 is 2.44 bits per heavy atom. The second kappa shape index (κ2) is 7.75. The van der Waals surface area contributed by atoms with Gasteiger partial charge in [-0.1, -0.05) is 6.92 Å². The molecule has 1 aromatic heterocycles. The molecule has 0 bridgehead atoms. The number of fused-ring (bicyclic) bond motifs is 1. The number of carbonyl (C=O) groups is 1. The molecule has 2 aliphatic rings. The summed E-state index contributed by atoms with van der Waals surface area (Å²) in [4.78, 5) is 28.2. The molecule has 2 heterocycles. The number of aromatic carboxylic acids is 1. The number of aromatic nitrogens is 1. The molecule has 8 heteroatoms. The maximum Gasteiger partial charge on any atom is 0.341 e. The second-order valence-electron chi connectivity index (χ2n) is 7.06. The van der Waals surface area contributed by atoms with Crippen molar-refractivity contribution in [1.29, 1.82) is 0 Å². The predicted octanol–water partition coefficient (Wildman–Crippen LogP) is 2.31. The van der Waals surface area contributed by atoms with E-state index in [1.165, 1.54) is 12.3 Å². The van der Waals surface area contributed by atoms with Crippen molar-refractivity contribution in [2.45, 2.75) is 25.8 Å². The molecule has 2 aromatic rings. The number of halogens is 1. The van der Waals surface area contributed by atoms with Gasteiger partial charge in [0.2, 0.25) is 5.43 Å². The first-order valence-corrected chi connectivity index (χ1v) is 9.08. The van der Waals surface area contributed by atoms with E-state index >= 15 is 0 Å². The molecular weight excluding hydrogens is 445 g/mol. The van der Waals surface area contributed by atoms with Crippen molar-refractivity contribution in [3.8, 4) is 0 Å². The molecular formula is C19H22AgFN3O3. The molecule has 2 fully saturated rings. The van der Waals surface area contributed by atoms with Crippen LogP contribution in [0.4, 0.5) is 10.1 Å². The van der Waals surface area contributed by atoms with E-state index in [2.05, 4.69) is 11.8 Å². The summed E-state index contributed by atoms with van der Waals surface area (Å²) in [6, 6.07) is 3.12. The zero-order valence-electron chi connectivity index (χ0n) is 15.0.